The predicted octanol–water partition coefficient (Wildman–Crippen LogP) is 2.47. The van der Waals surface area contributed by atoms with Crippen molar-refractivity contribution in [3.63, 3.8) is 0 Å². The van der Waals surface area contributed by atoms with Gasteiger partial charge < -0.3 is 16.3 Å². The Labute approximate surface area is 126 Å². The molecule has 0 aliphatic rings. The van der Waals surface area contributed by atoms with Gasteiger partial charge in [-0.05, 0) is 16.9 Å². The van der Waals surface area contributed by atoms with E-state index in [0.29, 0.717) is 24.4 Å². The maximum atomic E-state index is 11.9. The van der Waals surface area contributed by atoms with E-state index >= 15 is 0 Å². The quantitative estimate of drug-likeness (QED) is 0.337. The van der Waals surface area contributed by atoms with Crippen molar-refractivity contribution < 1.29 is 10.0 Å². The van der Waals surface area contributed by atoms with Gasteiger partial charge in [-0.3, -0.25) is 4.79 Å². The van der Waals surface area contributed by atoms with Gasteiger partial charge in [-0.2, -0.15) is 0 Å². The fourth-order valence-corrected chi connectivity index (χ4v) is 1.71. The van der Waals surface area contributed by atoms with E-state index in [1.54, 1.807) is 12.1 Å². The fourth-order valence-electron chi connectivity index (χ4n) is 1.71. The molecule has 1 aromatic rings. The Hall–Kier alpha value is -2.04. The standard InChI is InChI=1S/C16H25N3O2/c1-11(16(2,3)4)9-14(20)18-10-12-5-7-13(8-6-12)15(17)19-21/h5-8,11,21H,9-10H2,1-4H3,(H2,17,19)(H,18,20). The summed E-state index contributed by atoms with van der Waals surface area (Å²) in [4.78, 5) is 11.9. The molecule has 0 aliphatic heterocycles. The maximum absolute atomic E-state index is 11.9. The molecular weight excluding hydrogens is 266 g/mol. The van der Waals surface area contributed by atoms with E-state index in [1.807, 2.05) is 12.1 Å². The first-order chi connectivity index (χ1) is 9.74. The molecule has 5 heteroatoms. The summed E-state index contributed by atoms with van der Waals surface area (Å²) in [5, 5.41) is 14.4. The highest BCUT2D eigenvalue weighted by molar-refractivity contribution is 5.96. The number of hydrogen-bond acceptors (Lipinski definition) is 3. The highest BCUT2D eigenvalue weighted by Crippen LogP contribution is 2.27. The lowest BCUT2D eigenvalue weighted by Gasteiger charge is -2.26. The second-order valence-electron chi connectivity index (χ2n) is 6.43. The molecule has 116 valence electrons. The van der Waals surface area contributed by atoms with Crippen LogP contribution >= 0.6 is 0 Å². The number of oxime groups is 1. The van der Waals surface area contributed by atoms with Gasteiger partial charge in [0.1, 0.15) is 0 Å². The van der Waals surface area contributed by atoms with Crippen molar-refractivity contribution in [1.82, 2.24) is 5.32 Å². The van der Waals surface area contributed by atoms with Crippen molar-refractivity contribution in [3.05, 3.63) is 35.4 Å². The van der Waals surface area contributed by atoms with E-state index in [-0.39, 0.29) is 17.2 Å². The average molecular weight is 291 g/mol. The van der Waals surface area contributed by atoms with Crippen LogP contribution in [0.1, 0.15) is 45.2 Å². The summed E-state index contributed by atoms with van der Waals surface area (Å²) < 4.78 is 0. The first-order valence-corrected chi connectivity index (χ1v) is 7.07. The first-order valence-electron chi connectivity index (χ1n) is 7.07. The van der Waals surface area contributed by atoms with E-state index in [2.05, 4.69) is 38.2 Å². The van der Waals surface area contributed by atoms with Gasteiger partial charge in [0, 0.05) is 18.5 Å². The summed E-state index contributed by atoms with van der Waals surface area (Å²) in [6, 6.07) is 7.21. The number of benzene rings is 1. The van der Waals surface area contributed by atoms with Crippen LogP contribution in [0.15, 0.2) is 29.4 Å². The van der Waals surface area contributed by atoms with Crippen LogP contribution in [-0.4, -0.2) is 17.0 Å². The topological polar surface area (TPSA) is 87.7 Å². The summed E-state index contributed by atoms with van der Waals surface area (Å²) in [5.41, 5.74) is 7.24. The monoisotopic (exact) mass is 291 g/mol. The third kappa shape index (κ3) is 5.45. The van der Waals surface area contributed by atoms with Crippen molar-refractivity contribution in [1.29, 1.82) is 0 Å². The molecule has 1 amide bonds. The molecule has 1 atom stereocenters. The van der Waals surface area contributed by atoms with E-state index in [4.69, 9.17) is 10.9 Å². The summed E-state index contributed by atoms with van der Waals surface area (Å²) in [5.74, 6) is 0.447. The van der Waals surface area contributed by atoms with Crippen LogP contribution in [0.25, 0.3) is 0 Å². The lowest BCUT2D eigenvalue weighted by molar-refractivity contribution is -0.122. The first kappa shape index (κ1) is 17.0. The number of amidine groups is 1. The maximum Gasteiger partial charge on any atom is 0.220 e. The van der Waals surface area contributed by atoms with Crippen molar-refractivity contribution in [2.75, 3.05) is 0 Å². The van der Waals surface area contributed by atoms with E-state index in [9.17, 15) is 4.79 Å². The van der Waals surface area contributed by atoms with Crippen LogP contribution < -0.4 is 11.1 Å². The van der Waals surface area contributed by atoms with Gasteiger partial charge in [-0.15, -0.1) is 0 Å². The molecule has 1 unspecified atom stereocenters. The number of nitrogens with one attached hydrogen (secondary N) is 1. The molecule has 0 spiro atoms. The molecule has 0 saturated heterocycles. The zero-order chi connectivity index (χ0) is 16.0. The molecule has 1 aromatic carbocycles. The Morgan fingerprint density at radius 1 is 1.33 bits per heavy atom. The lowest BCUT2D eigenvalue weighted by atomic mass is 9.80. The molecule has 5 nitrogen and oxygen atoms in total. The molecule has 0 saturated carbocycles. The molecule has 0 aliphatic carbocycles. The van der Waals surface area contributed by atoms with Crippen molar-refractivity contribution in [2.45, 2.75) is 40.7 Å². The third-order valence-corrected chi connectivity index (χ3v) is 3.82. The van der Waals surface area contributed by atoms with E-state index in [1.165, 1.54) is 0 Å². The second-order valence-corrected chi connectivity index (χ2v) is 6.43. The summed E-state index contributed by atoms with van der Waals surface area (Å²) in [6.45, 7) is 8.97. The normalized spacial score (nSPS) is 13.8. The van der Waals surface area contributed by atoms with Gasteiger partial charge in [0.25, 0.3) is 0 Å². The molecular formula is C16H25N3O2. The van der Waals surface area contributed by atoms with E-state index in [0.717, 1.165) is 5.56 Å². The SMILES string of the molecule is CC(CC(=O)NCc1ccc(C(N)=NO)cc1)C(C)(C)C. The van der Waals surface area contributed by atoms with Crippen LogP contribution in [-0.2, 0) is 11.3 Å². The molecule has 1 rings (SSSR count). The molecule has 4 N–H and O–H groups in total. The minimum absolute atomic E-state index is 0.0536. The van der Waals surface area contributed by atoms with Crippen molar-refractivity contribution in [3.8, 4) is 0 Å². The number of carbonyl (C=O) groups excluding carboxylic acids is 1. The second kappa shape index (κ2) is 7.11. The predicted molar refractivity (Wildman–Crippen MR) is 84.0 cm³/mol. The number of nitrogens with two attached hydrogens (primary N) is 1. The lowest BCUT2D eigenvalue weighted by Crippen LogP contribution is -2.28. The highest BCUT2D eigenvalue weighted by atomic mass is 16.4. The minimum atomic E-state index is 0.0536. The Morgan fingerprint density at radius 3 is 2.38 bits per heavy atom. The van der Waals surface area contributed by atoms with Crippen LogP contribution in [0.2, 0.25) is 0 Å². The average Bonchev–Trinajstić information content (AvgIpc) is 2.43. The van der Waals surface area contributed by atoms with Crippen LogP contribution in [0.3, 0.4) is 0 Å². The molecule has 0 fully saturated rings. The Morgan fingerprint density at radius 2 is 1.90 bits per heavy atom. The third-order valence-electron chi connectivity index (χ3n) is 3.82. The largest absolute Gasteiger partial charge is 0.409 e. The highest BCUT2D eigenvalue weighted by Gasteiger charge is 2.22. The number of nitrogens with zero attached hydrogens (tertiary/aromatic N) is 1. The number of rotatable bonds is 5. The number of hydrogen-bond donors (Lipinski definition) is 3. The van der Waals surface area contributed by atoms with Gasteiger partial charge in [0.2, 0.25) is 5.91 Å². The Bertz CT molecular complexity index is 501. The van der Waals surface area contributed by atoms with Gasteiger partial charge in [-0.1, -0.05) is 57.1 Å². The Balaban J connectivity index is 2.50. The molecule has 21 heavy (non-hydrogen) atoms. The van der Waals surface area contributed by atoms with Crippen LogP contribution in [0.4, 0.5) is 0 Å². The van der Waals surface area contributed by atoms with Crippen molar-refractivity contribution >= 4 is 11.7 Å². The minimum Gasteiger partial charge on any atom is -0.409 e. The Kier molecular flexibility index (Phi) is 5.76. The zero-order valence-electron chi connectivity index (χ0n) is 13.2. The number of carbonyl (C=O) groups is 1. The summed E-state index contributed by atoms with van der Waals surface area (Å²) >= 11 is 0. The van der Waals surface area contributed by atoms with Crippen LogP contribution in [0, 0.1) is 11.3 Å². The molecule has 0 bridgehead atoms. The van der Waals surface area contributed by atoms with Gasteiger partial charge in [0.05, 0.1) is 0 Å². The fraction of sp³-hybridized carbons (Fsp3) is 0.500. The van der Waals surface area contributed by atoms with Gasteiger partial charge in [0.15, 0.2) is 5.84 Å². The molecule has 0 radical (unpaired) electrons. The molecule has 0 aromatic heterocycles. The zero-order valence-corrected chi connectivity index (χ0v) is 13.2. The van der Waals surface area contributed by atoms with Gasteiger partial charge in [-0.25, -0.2) is 0 Å². The molecule has 0 heterocycles. The number of amides is 1. The summed E-state index contributed by atoms with van der Waals surface area (Å²) in [7, 11) is 0. The summed E-state index contributed by atoms with van der Waals surface area (Å²) in [6.07, 6.45) is 0.520. The van der Waals surface area contributed by atoms with E-state index < -0.39 is 0 Å². The van der Waals surface area contributed by atoms with Crippen molar-refractivity contribution in [2.24, 2.45) is 22.2 Å². The van der Waals surface area contributed by atoms with Crippen LogP contribution in [0.5, 0.6) is 0 Å². The smallest absolute Gasteiger partial charge is 0.220 e. The van der Waals surface area contributed by atoms with Gasteiger partial charge >= 0.3 is 0 Å².